The van der Waals surface area contributed by atoms with Gasteiger partial charge >= 0.3 is 5.97 Å². The van der Waals surface area contributed by atoms with Crippen molar-refractivity contribution in [3.63, 3.8) is 0 Å². The maximum absolute atomic E-state index is 11.1. The van der Waals surface area contributed by atoms with Gasteiger partial charge in [0.25, 0.3) is 0 Å². The summed E-state index contributed by atoms with van der Waals surface area (Å²) in [5, 5.41) is 0.652. The molecule has 1 rings (SSSR count). The van der Waals surface area contributed by atoms with Gasteiger partial charge in [-0.1, -0.05) is 30.7 Å². The Morgan fingerprint density at radius 3 is 3.00 bits per heavy atom. The number of halogens is 1. The fourth-order valence-electron chi connectivity index (χ4n) is 1.03. The Bertz CT molecular complexity index is 358. The number of ether oxygens (including phenoxy) is 1. The third-order valence-corrected chi connectivity index (χ3v) is 1.94. The maximum atomic E-state index is 11.1. The van der Waals surface area contributed by atoms with Crippen LogP contribution in [0, 0.1) is 0 Å². The summed E-state index contributed by atoms with van der Waals surface area (Å²) < 4.78 is 4.88. The molecule has 80 valence electrons. The second-order valence-corrected chi connectivity index (χ2v) is 3.49. The van der Waals surface area contributed by atoms with Crippen LogP contribution in [0.5, 0.6) is 0 Å². The van der Waals surface area contributed by atoms with Crippen LogP contribution in [0.1, 0.15) is 18.9 Å². The molecule has 3 heteroatoms. The lowest BCUT2D eigenvalue weighted by atomic mass is 10.2. The second-order valence-electron chi connectivity index (χ2n) is 3.06. The van der Waals surface area contributed by atoms with Gasteiger partial charge < -0.3 is 4.74 Å². The van der Waals surface area contributed by atoms with Crippen LogP contribution in [0.4, 0.5) is 0 Å². The first-order valence-corrected chi connectivity index (χ1v) is 5.20. The van der Waals surface area contributed by atoms with Gasteiger partial charge in [-0.05, 0) is 30.2 Å². The summed E-state index contributed by atoms with van der Waals surface area (Å²) in [7, 11) is 0. The lowest BCUT2D eigenvalue weighted by Crippen LogP contribution is -2.00. The molecule has 0 aliphatic heterocycles. The first kappa shape index (κ1) is 11.8. The molecule has 0 aliphatic carbocycles. The Labute approximate surface area is 94.5 Å². The van der Waals surface area contributed by atoms with Crippen molar-refractivity contribution in [1.29, 1.82) is 0 Å². The molecular formula is C12H13ClO2. The van der Waals surface area contributed by atoms with Crippen molar-refractivity contribution in [2.45, 2.75) is 13.3 Å². The van der Waals surface area contributed by atoms with Crippen LogP contribution in [-0.2, 0) is 9.53 Å². The largest absolute Gasteiger partial charge is 0.463 e. The summed E-state index contributed by atoms with van der Waals surface area (Å²) in [6.45, 7) is 2.41. The van der Waals surface area contributed by atoms with Crippen molar-refractivity contribution in [3.05, 3.63) is 40.9 Å². The molecule has 0 N–H and O–H groups in total. The van der Waals surface area contributed by atoms with E-state index in [-0.39, 0.29) is 5.97 Å². The molecule has 0 fully saturated rings. The molecule has 0 saturated heterocycles. The molecule has 1 aromatic carbocycles. The van der Waals surface area contributed by atoms with Gasteiger partial charge in [0.05, 0.1) is 6.61 Å². The summed E-state index contributed by atoms with van der Waals surface area (Å²) in [4.78, 5) is 11.1. The topological polar surface area (TPSA) is 26.3 Å². The molecule has 15 heavy (non-hydrogen) atoms. The van der Waals surface area contributed by atoms with E-state index in [2.05, 4.69) is 0 Å². The molecule has 0 amide bonds. The van der Waals surface area contributed by atoms with Crippen molar-refractivity contribution in [3.8, 4) is 0 Å². The van der Waals surface area contributed by atoms with E-state index in [1.807, 2.05) is 19.1 Å². The zero-order valence-corrected chi connectivity index (χ0v) is 9.33. The van der Waals surface area contributed by atoms with E-state index in [1.165, 1.54) is 6.08 Å². The first-order valence-electron chi connectivity index (χ1n) is 4.83. The van der Waals surface area contributed by atoms with Gasteiger partial charge in [0.1, 0.15) is 0 Å². The van der Waals surface area contributed by atoms with Crippen molar-refractivity contribution < 1.29 is 9.53 Å². The number of carbonyl (C=O) groups excluding carboxylic acids is 1. The normalized spacial score (nSPS) is 10.5. The standard InChI is InChI=1S/C12H13ClO2/c1-2-8-15-12(14)7-6-10-4-3-5-11(13)9-10/h3-7,9H,2,8H2,1H3. The van der Waals surface area contributed by atoms with Crippen molar-refractivity contribution >= 4 is 23.6 Å². The van der Waals surface area contributed by atoms with E-state index in [1.54, 1.807) is 18.2 Å². The molecule has 0 heterocycles. The van der Waals surface area contributed by atoms with Crippen LogP contribution in [0.2, 0.25) is 5.02 Å². The summed E-state index contributed by atoms with van der Waals surface area (Å²) >= 11 is 5.79. The van der Waals surface area contributed by atoms with Crippen LogP contribution in [0.15, 0.2) is 30.3 Å². The van der Waals surface area contributed by atoms with E-state index in [0.29, 0.717) is 11.6 Å². The van der Waals surface area contributed by atoms with Gasteiger partial charge in [0.2, 0.25) is 0 Å². The van der Waals surface area contributed by atoms with Crippen LogP contribution in [0.25, 0.3) is 6.08 Å². The highest BCUT2D eigenvalue weighted by Gasteiger charge is 1.95. The Morgan fingerprint density at radius 2 is 2.33 bits per heavy atom. The van der Waals surface area contributed by atoms with Crippen molar-refractivity contribution in [1.82, 2.24) is 0 Å². The Morgan fingerprint density at radius 1 is 1.53 bits per heavy atom. The molecule has 0 atom stereocenters. The Kier molecular flexibility index (Phi) is 4.91. The van der Waals surface area contributed by atoms with E-state index < -0.39 is 0 Å². The summed E-state index contributed by atoms with van der Waals surface area (Å²) in [5.41, 5.74) is 0.885. The van der Waals surface area contributed by atoms with Crippen LogP contribution >= 0.6 is 11.6 Å². The van der Waals surface area contributed by atoms with Gasteiger partial charge in [0, 0.05) is 11.1 Å². The molecule has 0 unspecified atom stereocenters. The minimum absolute atomic E-state index is 0.322. The van der Waals surface area contributed by atoms with E-state index >= 15 is 0 Å². The van der Waals surface area contributed by atoms with E-state index in [0.717, 1.165) is 12.0 Å². The molecule has 0 spiro atoms. The highest BCUT2D eigenvalue weighted by molar-refractivity contribution is 6.30. The number of hydrogen-bond donors (Lipinski definition) is 0. The monoisotopic (exact) mass is 224 g/mol. The average molecular weight is 225 g/mol. The second kappa shape index (κ2) is 6.25. The van der Waals surface area contributed by atoms with Crippen LogP contribution < -0.4 is 0 Å². The minimum Gasteiger partial charge on any atom is -0.463 e. The third kappa shape index (κ3) is 4.66. The van der Waals surface area contributed by atoms with Gasteiger partial charge in [0.15, 0.2) is 0 Å². The zero-order valence-electron chi connectivity index (χ0n) is 8.57. The fraction of sp³-hybridized carbons (Fsp3) is 0.250. The smallest absolute Gasteiger partial charge is 0.330 e. The molecule has 0 aliphatic rings. The van der Waals surface area contributed by atoms with Crippen LogP contribution in [0.3, 0.4) is 0 Å². The highest BCUT2D eigenvalue weighted by atomic mass is 35.5. The van der Waals surface area contributed by atoms with E-state index in [9.17, 15) is 4.79 Å². The summed E-state index contributed by atoms with van der Waals surface area (Å²) in [5.74, 6) is -0.322. The highest BCUT2D eigenvalue weighted by Crippen LogP contribution is 2.11. The summed E-state index contributed by atoms with van der Waals surface area (Å²) in [6, 6.07) is 7.27. The predicted octanol–water partition coefficient (Wildman–Crippen LogP) is 3.31. The number of esters is 1. The molecule has 1 aromatic rings. The molecular weight excluding hydrogens is 212 g/mol. The Hall–Kier alpha value is -1.28. The van der Waals surface area contributed by atoms with Gasteiger partial charge in [-0.25, -0.2) is 4.79 Å². The van der Waals surface area contributed by atoms with E-state index in [4.69, 9.17) is 16.3 Å². The lowest BCUT2D eigenvalue weighted by molar-refractivity contribution is -0.137. The molecule has 0 saturated carbocycles. The molecule has 0 aromatic heterocycles. The van der Waals surface area contributed by atoms with Crippen LogP contribution in [-0.4, -0.2) is 12.6 Å². The number of rotatable bonds is 4. The van der Waals surface area contributed by atoms with Gasteiger partial charge in [-0.2, -0.15) is 0 Å². The molecule has 2 nitrogen and oxygen atoms in total. The third-order valence-electron chi connectivity index (χ3n) is 1.71. The molecule has 0 bridgehead atoms. The first-order chi connectivity index (χ1) is 7.22. The predicted molar refractivity (Wildman–Crippen MR) is 61.7 cm³/mol. The van der Waals surface area contributed by atoms with Crippen molar-refractivity contribution in [2.24, 2.45) is 0 Å². The average Bonchev–Trinajstić information content (AvgIpc) is 2.23. The van der Waals surface area contributed by atoms with Crippen molar-refractivity contribution in [2.75, 3.05) is 6.61 Å². The number of benzene rings is 1. The zero-order chi connectivity index (χ0) is 11.1. The lowest BCUT2D eigenvalue weighted by Gasteiger charge is -1.97. The van der Waals surface area contributed by atoms with Gasteiger partial charge in [-0.3, -0.25) is 0 Å². The van der Waals surface area contributed by atoms with Gasteiger partial charge in [-0.15, -0.1) is 0 Å². The fourth-order valence-corrected chi connectivity index (χ4v) is 1.22. The molecule has 0 radical (unpaired) electrons. The number of carbonyl (C=O) groups is 1. The summed E-state index contributed by atoms with van der Waals surface area (Å²) in [6.07, 6.45) is 3.92. The SMILES string of the molecule is CCCOC(=O)C=Cc1cccc(Cl)c1. The minimum atomic E-state index is -0.322. The quantitative estimate of drug-likeness (QED) is 0.580. The maximum Gasteiger partial charge on any atom is 0.330 e. The Balaban J connectivity index is 2.53. The number of hydrogen-bond acceptors (Lipinski definition) is 2.